The van der Waals surface area contributed by atoms with Crippen LogP contribution in [0.4, 0.5) is 11.4 Å². The Morgan fingerprint density at radius 1 is 1.33 bits per heavy atom. The minimum absolute atomic E-state index is 0.0452. The van der Waals surface area contributed by atoms with Crippen LogP contribution in [0.3, 0.4) is 0 Å². The molecule has 0 aliphatic carbocycles. The van der Waals surface area contributed by atoms with Gasteiger partial charge in [-0.1, -0.05) is 0 Å². The second-order valence-electron chi connectivity index (χ2n) is 4.97. The molecule has 0 saturated carbocycles. The molecule has 2 amide bonds. The number of carbonyl (C=O) groups is 2. The molecule has 0 radical (unpaired) electrons. The van der Waals surface area contributed by atoms with E-state index in [1.54, 1.807) is 30.0 Å². The number of benzene rings is 1. The second kappa shape index (κ2) is 6.45. The number of anilines is 2. The van der Waals surface area contributed by atoms with E-state index in [1.807, 2.05) is 0 Å². The van der Waals surface area contributed by atoms with Gasteiger partial charge in [0, 0.05) is 24.5 Å². The molecular formula is C14H20N4O3. The number of amides is 2. The molecular weight excluding hydrogens is 272 g/mol. The maximum atomic E-state index is 12.3. The van der Waals surface area contributed by atoms with Gasteiger partial charge < -0.3 is 26.4 Å². The number of nitrogens with one attached hydrogen (secondary N) is 1. The molecule has 7 nitrogen and oxygen atoms in total. The predicted molar refractivity (Wildman–Crippen MR) is 79.9 cm³/mol. The lowest BCUT2D eigenvalue weighted by Crippen LogP contribution is -2.47. The number of ether oxygens (including phenoxy) is 1. The summed E-state index contributed by atoms with van der Waals surface area (Å²) in [5.41, 5.74) is 12.3. The number of rotatable bonds is 4. The van der Waals surface area contributed by atoms with Gasteiger partial charge in [0.1, 0.15) is 6.04 Å². The topological polar surface area (TPSA) is 111 Å². The average Bonchev–Trinajstić information content (AvgIpc) is 2.47. The monoisotopic (exact) mass is 292 g/mol. The summed E-state index contributed by atoms with van der Waals surface area (Å²) < 4.78 is 5.22. The van der Waals surface area contributed by atoms with Crippen molar-refractivity contribution in [3.8, 4) is 0 Å². The fraction of sp³-hybridized carbons (Fsp3) is 0.429. The van der Waals surface area contributed by atoms with E-state index in [4.69, 9.17) is 16.2 Å². The zero-order chi connectivity index (χ0) is 15.4. The number of primary amides is 1. The van der Waals surface area contributed by atoms with E-state index in [9.17, 15) is 9.59 Å². The van der Waals surface area contributed by atoms with Gasteiger partial charge in [-0.15, -0.1) is 0 Å². The molecule has 5 N–H and O–H groups in total. The molecule has 0 aromatic heterocycles. The highest BCUT2D eigenvalue weighted by atomic mass is 16.5. The molecule has 0 spiro atoms. The fourth-order valence-electron chi connectivity index (χ4n) is 2.25. The van der Waals surface area contributed by atoms with E-state index in [2.05, 4.69) is 5.32 Å². The standard InChI is InChI=1S/C14H20N4O3/c1-9(14(20)18-4-6-21-7-5-18)17-12-8-10(15)2-3-11(12)13(16)19/h2-3,8-9,17H,4-7,15H2,1H3,(H2,16,19). The van der Waals surface area contributed by atoms with Crippen molar-refractivity contribution in [3.05, 3.63) is 23.8 Å². The Balaban J connectivity index is 2.11. The SMILES string of the molecule is CC(Nc1cc(N)ccc1C(N)=O)C(=O)N1CCOCC1. The third-order valence-corrected chi connectivity index (χ3v) is 3.37. The predicted octanol–water partition coefficient (Wildman–Crippen LogP) is 0.0269. The molecule has 1 heterocycles. The quantitative estimate of drug-likeness (QED) is 0.678. The van der Waals surface area contributed by atoms with Gasteiger partial charge >= 0.3 is 0 Å². The first-order chi connectivity index (χ1) is 9.99. The maximum Gasteiger partial charge on any atom is 0.250 e. The summed E-state index contributed by atoms with van der Waals surface area (Å²) in [5.74, 6) is -0.611. The largest absolute Gasteiger partial charge is 0.399 e. The zero-order valence-electron chi connectivity index (χ0n) is 12.0. The van der Waals surface area contributed by atoms with E-state index in [-0.39, 0.29) is 5.91 Å². The Morgan fingerprint density at radius 3 is 2.62 bits per heavy atom. The number of hydrogen-bond acceptors (Lipinski definition) is 5. The number of hydrogen-bond donors (Lipinski definition) is 3. The van der Waals surface area contributed by atoms with Gasteiger partial charge in [-0.3, -0.25) is 9.59 Å². The summed E-state index contributed by atoms with van der Waals surface area (Å²) in [5, 5.41) is 3.02. The Hall–Kier alpha value is -2.28. The molecule has 1 aromatic rings. The van der Waals surface area contributed by atoms with E-state index >= 15 is 0 Å². The van der Waals surface area contributed by atoms with Crippen molar-refractivity contribution in [3.63, 3.8) is 0 Å². The summed E-state index contributed by atoms with van der Waals surface area (Å²) >= 11 is 0. The van der Waals surface area contributed by atoms with Gasteiger partial charge in [0.25, 0.3) is 5.91 Å². The van der Waals surface area contributed by atoms with E-state index in [0.717, 1.165) is 0 Å². The average molecular weight is 292 g/mol. The van der Waals surface area contributed by atoms with Gasteiger partial charge in [-0.2, -0.15) is 0 Å². The van der Waals surface area contributed by atoms with Crippen LogP contribution < -0.4 is 16.8 Å². The highest BCUT2D eigenvalue weighted by molar-refractivity contribution is 6.00. The van der Waals surface area contributed by atoms with E-state index < -0.39 is 11.9 Å². The van der Waals surface area contributed by atoms with Crippen LogP contribution in [0.2, 0.25) is 0 Å². The summed E-state index contributed by atoms with van der Waals surface area (Å²) in [7, 11) is 0. The lowest BCUT2D eigenvalue weighted by molar-refractivity contribution is -0.135. The number of morpholine rings is 1. The van der Waals surface area contributed by atoms with Gasteiger partial charge in [-0.25, -0.2) is 0 Å². The Kier molecular flexibility index (Phi) is 4.64. The zero-order valence-corrected chi connectivity index (χ0v) is 12.0. The van der Waals surface area contributed by atoms with Crippen molar-refractivity contribution in [2.24, 2.45) is 5.73 Å². The number of carbonyl (C=O) groups excluding carboxylic acids is 2. The molecule has 2 rings (SSSR count). The summed E-state index contributed by atoms with van der Waals surface area (Å²) in [4.78, 5) is 25.5. The minimum Gasteiger partial charge on any atom is -0.399 e. The first kappa shape index (κ1) is 15.1. The highest BCUT2D eigenvalue weighted by Gasteiger charge is 2.23. The van der Waals surface area contributed by atoms with Crippen molar-refractivity contribution >= 4 is 23.2 Å². The first-order valence-electron chi connectivity index (χ1n) is 6.81. The fourth-order valence-corrected chi connectivity index (χ4v) is 2.25. The van der Waals surface area contributed by atoms with Gasteiger partial charge in [0.15, 0.2) is 0 Å². The van der Waals surface area contributed by atoms with Crippen LogP contribution in [0.1, 0.15) is 17.3 Å². The molecule has 1 saturated heterocycles. The Labute approximate surface area is 123 Å². The summed E-state index contributed by atoms with van der Waals surface area (Å²) in [6.45, 7) is 3.98. The number of nitrogen functional groups attached to an aromatic ring is 1. The summed E-state index contributed by atoms with van der Waals surface area (Å²) in [6.07, 6.45) is 0. The van der Waals surface area contributed by atoms with E-state index in [0.29, 0.717) is 43.2 Å². The maximum absolute atomic E-state index is 12.3. The van der Waals surface area contributed by atoms with E-state index in [1.165, 1.54) is 0 Å². The molecule has 1 fully saturated rings. The van der Waals surface area contributed by atoms with Gasteiger partial charge in [0.05, 0.1) is 18.8 Å². The first-order valence-corrected chi connectivity index (χ1v) is 6.81. The van der Waals surface area contributed by atoms with Gasteiger partial charge in [-0.05, 0) is 25.1 Å². The highest BCUT2D eigenvalue weighted by Crippen LogP contribution is 2.20. The van der Waals surface area contributed by atoms with Crippen LogP contribution in [-0.4, -0.2) is 49.1 Å². The number of nitrogens with zero attached hydrogens (tertiary/aromatic N) is 1. The van der Waals surface area contributed by atoms with Gasteiger partial charge in [0.2, 0.25) is 5.91 Å². The molecule has 1 aliphatic heterocycles. The minimum atomic E-state index is -0.566. The Bertz CT molecular complexity index is 541. The van der Waals surface area contributed by atoms with Crippen molar-refractivity contribution in [2.75, 3.05) is 37.4 Å². The molecule has 1 atom stereocenters. The molecule has 0 bridgehead atoms. The van der Waals surface area contributed by atoms with Crippen LogP contribution in [-0.2, 0) is 9.53 Å². The molecule has 21 heavy (non-hydrogen) atoms. The second-order valence-corrected chi connectivity index (χ2v) is 4.97. The van der Waals surface area contributed by atoms with Crippen LogP contribution in [0, 0.1) is 0 Å². The van der Waals surface area contributed by atoms with Crippen LogP contribution in [0.15, 0.2) is 18.2 Å². The third-order valence-electron chi connectivity index (χ3n) is 3.37. The van der Waals surface area contributed by atoms with Crippen molar-refractivity contribution in [1.82, 2.24) is 4.90 Å². The molecule has 1 aliphatic rings. The molecule has 114 valence electrons. The summed E-state index contributed by atoms with van der Waals surface area (Å²) in [6, 6.07) is 4.26. The lowest BCUT2D eigenvalue weighted by atomic mass is 10.1. The number of nitrogens with two attached hydrogens (primary N) is 2. The van der Waals surface area contributed by atoms with Crippen LogP contribution in [0.5, 0.6) is 0 Å². The van der Waals surface area contributed by atoms with Crippen LogP contribution in [0.25, 0.3) is 0 Å². The third kappa shape index (κ3) is 3.63. The van der Waals surface area contributed by atoms with Crippen molar-refractivity contribution < 1.29 is 14.3 Å². The molecule has 1 unspecified atom stereocenters. The molecule has 7 heteroatoms. The normalized spacial score (nSPS) is 16.3. The van der Waals surface area contributed by atoms with Crippen LogP contribution >= 0.6 is 0 Å². The Morgan fingerprint density at radius 2 is 2.00 bits per heavy atom. The van der Waals surface area contributed by atoms with Crippen molar-refractivity contribution in [2.45, 2.75) is 13.0 Å². The molecule has 1 aromatic carbocycles. The smallest absolute Gasteiger partial charge is 0.250 e. The lowest BCUT2D eigenvalue weighted by Gasteiger charge is -2.30. The van der Waals surface area contributed by atoms with Crippen molar-refractivity contribution in [1.29, 1.82) is 0 Å².